The minimum absolute atomic E-state index is 0.0617. The smallest absolute Gasteiger partial charge is 0.233 e. The van der Waals surface area contributed by atoms with Crippen LogP contribution in [0.15, 0.2) is 0 Å². The third-order valence-corrected chi connectivity index (χ3v) is 5.58. The Morgan fingerprint density at radius 1 is 1.10 bits per heavy atom. The summed E-state index contributed by atoms with van der Waals surface area (Å²) in [5.74, 6) is 0.600. The maximum atomic E-state index is 12.7. The lowest BCUT2D eigenvalue weighted by atomic mass is 9.61. The molecule has 0 spiro atoms. The Labute approximate surface area is 134 Å². The third-order valence-electron chi connectivity index (χ3n) is 5.19. The molecular formula is C17H30N2OS. The van der Waals surface area contributed by atoms with Crippen LogP contribution in [0.1, 0.15) is 66.7 Å². The van der Waals surface area contributed by atoms with E-state index in [0.717, 1.165) is 25.7 Å². The fourth-order valence-electron chi connectivity index (χ4n) is 4.90. The normalized spacial score (nSPS) is 34.8. The van der Waals surface area contributed by atoms with Crippen LogP contribution >= 0.6 is 12.2 Å². The lowest BCUT2D eigenvalue weighted by Crippen LogP contribution is -2.59. The molecule has 0 saturated heterocycles. The molecule has 3 N–H and O–H groups in total. The second-order valence-corrected chi connectivity index (χ2v) is 9.48. The number of nitrogens with two attached hydrogens (primary N) is 1. The van der Waals surface area contributed by atoms with Crippen LogP contribution in [0.4, 0.5) is 0 Å². The predicted octanol–water partition coefficient (Wildman–Crippen LogP) is 3.41. The van der Waals surface area contributed by atoms with Crippen molar-refractivity contribution >= 4 is 23.1 Å². The molecule has 0 unspecified atom stereocenters. The predicted molar refractivity (Wildman–Crippen MR) is 91.0 cm³/mol. The number of amides is 1. The van der Waals surface area contributed by atoms with Gasteiger partial charge >= 0.3 is 0 Å². The van der Waals surface area contributed by atoms with Crippen LogP contribution in [-0.4, -0.2) is 16.9 Å². The molecule has 2 aliphatic rings. The second kappa shape index (κ2) is 5.22. The molecule has 0 aliphatic heterocycles. The van der Waals surface area contributed by atoms with Crippen molar-refractivity contribution in [2.45, 2.75) is 72.8 Å². The van der Waals surface area contributed by atoms with Crippen LogP contribution < -0.4 is 11.1 Å². The second-order valence-electron chi connectivity index (χ2n) is 9.04. The zero-order valence-corrected chi connectivity index (χ0v) is 14.9. The maximum Gasteiger partial charge on any atom is 0.233 e. The average Bonchev–Trinajstić information content (AvgIpc) is 2.18. The van der Waals surface area contributed by atoms with Crippen LogP contribution in [0.5, 0.6) is 0 Å². The van der Waals surface area contributed by atoms with Crippen molar-refractivity contribution in [3.8, 4) is 0 Å². The lowest BCUT2D eigenvalue weighted by molar-refractivity contribution is -0.134. The fraction of sp³-hybridized carbons (Fsp3) is 0.882. The number of rotatable bonds is 3. The van der Waals surface area contributed by atoms with E-state index in [1.165, 1.54) is 6.42 Å². The van der Waals surface area contributed by atoms with Gasteiger partial charge in [-0.1, -0.05) is 46.8 Å². The van der Waals surface area contributed by atoms with Gasteiger partial charge in [-0.25, -0.2) is 0 Å². The van der Waals surface area contributed by atoms with Gasteiger partial charge in [-0.3, -0.25) is 4.79 Å². The van der Waals surface area contributed by atoms with Crippen molar-refractivity contribution in [3.63, 3.8) is 0 Å². The topological polar surface area (TPSA) is 55.1 Å². The summed E-state index contributed by atoms with van der Waals surface area (Å²) < 4.78 is 0. The van der Waals surface area contributed by atoms with E-state index < -0.39 is 5.41 Å². The SMILES string of the molecule is CC1CC(C(=O)NC2CC(C)(C)CC(C)(C)C2)(C(N)=S)C1. The van der Waals surface area contributed by atoms with E-state index in [-0.39, 0.29) is 22.8 Å². The standard InChI is InChI=1S/C17H30N2OS/c1-11-6-17(7-11,13(18)21)14(20)19-12-8-15(2,3)10-16(4,5)9-12/h11-12H,6-10H2,1-5H3,(H2,18,21)(H,19,20). The van der Waals surface area contributed by atoms with E-state index >= 15 is 0 Å². The van der Waals surface area contributed by atoms with E-state index in [1.54, 1.807) is 0 Å². The molecule has 120 valence electrons. The van der Waals surface area contributed by atoms with Gasteiger partial charge in [0.25, 0.3) is 0 Å². The van der Waals surface area contributed by atoms with Gasteiger partial charge < -0.3 is 11.1 Å². The average molecular weight is 311 g/mol. The van der Waals surface area contributed by atoms with Gasteiger partial charge in [0.2, 0.25) is 5.91 Å². The largest absolute Gasteiger partial charge is 0.392 e. The number of hydrogen-bond donors (Lipinski definition) is 2. The summed E-state index contributed by atoms with van der Waals surface area (Å²) in [6.07, 6.45) is 4.86. The maximum absolute atomic E-state index is 12.7. The van der Waals surface area contributed by atoms with Crippen LogP contribution in [0, 0.1) is 22.2 Å². The summed E-state index contributed by atoms with van der Waals surface area (Å²) in [7, 11) is 0. The molecule has 0 aromatic carbocycles. The summed E-state index contributed by atoms with van der Waals surface area (Å²) in [6.45, 7) is 11.3. The molecule has 0 atom stereocenters. The van der Waals surface area contributed by atoms with Gasteiger partial charge in [0, 0.05) is 6.04 Å². The summed E-state index contributed by atoms with van der Waals surface area (Å²) in [5, 5.41) is 3.27. The number of nitrogens with one attached hydrogen (secondary N) is 1. The highest BCUT2D eigenvalue weighted by Crippen LogP contribution is 2.48. The van der Waals surface area contributed by atoms with Crippen LogP contribution in [0.2, 0.25) is 0 Å². The fourth-order valence-corrected chi connectivity index (χ4v) is 5.16. The van der Waals surface area contributed by atoms with Gasteiger partial charge in [0.1, 0.15) is 0 Å². The Hall–Kier alpha value is -0.640. The van der Waals surface area contributed by atoms with Crippen LogP contribution in [0.25, 0.3) is 0 Å². The number of hydrogen-bond acceptors (Lipinski definition) is 2. The first-order valence-electron chi connectivity index (χ1n) is 8.07. The molecule has 21 heavy (non-hydrogen) atoms. The molecule has 2 fully saturated rings. The highest BCUT2D eigenvalue weighted by molar-refractivity contribution is 7.80. The Morgan fingerprint density at radius 3 is 1.95 bits per heavy atom. The van der Waals surface area contributed by atoms with Crippen molar-refractivity contribution in [2.75, 3.05) is 0 Å². The number of carbonyl (C=O) groups excluding carboxylic acids is 1. The molecule has 2 saturated carbocycles. The summed E-state index contributed by atoms with van der Waals surface area (Å²) >= 11 is 5.18. The monoisotopic (exact) mass is 310 g/mol. The molecule has 0 aromatic rings. The van der Waals surface area contributed by atoms with Gasteiger partial charge in [-0.2, -0.15) is 0 Å². The first-order chi connectivity index (χ1) is 9.46. The van der Waals surface area contributed by atoms with Gasteiger partial charge in [0.05, 0.1) is 10.4 Å². The van der Waals surface area contributed by atoms with Gasteiger partial charge in [0.15, 0.2) is 0 Å². The summed E-state index contributed by atoms with van der Waals surface area (Å²) in [5.41, 5.74) is 5.83. The third kappa shape index (κ3) is 3.41. The van der Waals surface area contributed by atoms with Gasteiger partial charge in [-0.05, 0) is 48.9 Å². The first-order valence-corrected chi connectivity index (χ1v) is 8.48. The molecule has 3 nitrogen and oxygen atoms in total. The van der Waals surface area contributed by atoms with Crippen LogP contribution in [-0.2, 0) is 4.79 Å². The lowest BCUT2D eigenvalue weighted by Gasteiger charge is -2.48. The van der Waals surface area contributed by atoms with E-state index in [0.29, 0.717) is 10.9 Å². The molecule has 0 bridgehead atoms. The molecular weight excluding hydrogens is 280 g/mol. The first kappa shape index (κ1) is 16.7. The van der Waals surface area contributed by atoms with E-state index in [1.807, 2.05) is 0 Å². The highest BCUT2D eigenvalue weighted by atomic mass is 32.1. The Balaban J connectivity index is 2.07. The zero-order valence-electron chi connectivity index (χ0n) is 14.1. The Morgan fingerprint density at radius 2 is 1.57 bits per heavy atom. The zero-order chi connectivity index (χ0) is 16.1. The van der Waals surface area contributed by atoms with Crippen molar-refractivity contribution in [1.29, 1.82) is 0 Å². The van der Waals surface area contributed by atoms with E-state index in [2.05, 4.69) is 39.9 Å². The van der Waals surface area contributed by atoms with Crippen molar-refractivity contribution in [3.05, 3.63) is 0 Å². The molecule has 0 heterocycles. The molecule has 4 heteroatoms. The minimum atomic E-state index is -0.583. The van der Waals surface area contributed by atoms with E-state index in [4.69, 9.17) is 18.0 Å². The Bertz CT molecular complexity index is 434. The minimum Gasteiger partial charge on any atom is -0.392 e. The van der Waals surface area contributed by atoms with Crippen molar-refractivity contribution in [1.82, 2.24) is 5.32 Å². The highest BCUT2D eigenvalue weighted by Gasteiger charge is 2.51. The Kier molecular flexibility index (Phi) is 4.16. The summed E-state index contributed by atoms with van der Waals surface area (Å²) in [6, 6.07) is 0.235. The number of thiocarbonyl (C=S) groups is 1. The van der Waals surface area contributed by atoms with Crippen LogP contribution in [0.3, 0.4) is 0 Å². The van der Waals surface area contributed by atoms with Gasteiger partial charge in [-0.15, -0.1) is 0 Å². The van der Waals surface area contributed by atoms with Crippen molar-refractivity contribution in [2.24, 2.45) is 27.9 Å². The molecule has 2 rings (SSSR count). The molecule has 0 aromatic heterocycles. The number of carbonyl (C=O) groups is 1. The van der Waals surface area contributed by atoms with Crippen molar-refractivity contribution < 1.29 is 4.79 Å². The van der Waals surface area contributed by atoms with E-state index in [9.17, 15) is 4.79 Å². The summed E-state index contributed by atoms with van der Waals surface area (Å²) in [4.78, 5) is 13.1. The molecule has 1 amide bonds. The molecule has 0 radical (unpaired) electrons. The molecule has 2 aliphatic carbocycles. The quantitative estimate of drug-likeness (QED) is 0.785.